The lowest BCUT2D eigenvalue weighted by Crippen LogP contribution is -2.36. The zero-order chi connectivity index (χ0) is 29.3. The first-order chi connectivity index (χ1) is 18.8. The van der Waals surface area contributed by atoms with Gasteiger partial charge in [0.2, 0.25) is 0 Å². The molecule has 0 bridgehead atoms. The summed E-state index contributed by atoms with van der Waals surface area (Å²) < 4.78 is 12.4. The molecule has 0 saturated heterocycles. The Kier molecular flexibility index (Phi) is 6.68. The van der Waals surface area contributed by atoms with Crippen molar-refractivity contribution in [3.8, 4) is 16.9 Å². The monoisotopic (exact) mass is 543 g/mol. The highest BCUT2D eigenvalue weighted by molar-refractivity contribution is 6.07. The summed E-state index contributed by atoms with van der Waals surface area (Å²) in [6.07, 6.45) is 0.942. The summed E-state index contributed by atoms with van der Waals surface area (Å²) in [5, 5.41) is 9.75. The van der Waals surface area contributed by atoms with E-state index in [0.29, 0.717) is 46.8 Å². The van der Waals surface area contributed by atoms with Crippen molar-refractivity contribution in [2.45, 2.75) is 66.3 Å². The van der Waals surface area contributed by atoms with E-state index in [0.717, 1.165) is 22.3 Å². The van der Waals surface area contributed by atoms with Crippen molar-refractivity contribution >= 4 is 17.7 Å². The SMILES string of the molecule is COc1ccc(-c2ccc(C)c(C(=O)O)c2)c(C)c1[C@H]1C2=C(CC(C)(C)CC2=O)OC2=C1C(=O)N(C)[C@@H]2C(C)C. The molecular formula is C33H37NO6. The fraction of sp³-hybridized carbons (Fsp3) is 0.424. The van der Waals surface area contributed by atoms with E-state index in [1.54, 1.807) is 38.1 Å². The molecule has 2 atom stereocenters. The standard InChI is InChI=1S/C33H37NO6/c1-16(2)29-30-28(31(36)34(29)7)27(26-22(35)14-33(5,6)15-24(26)40-30)25-18(4)20(11-12-23(25)39-8)19-10-9-17(3)21(13-19)32(37)38/h9-13,16,27,29H,14-15H2,1-8H3,(H,37,38)/t27-,29+/m0/s1. The maximum absolute atomic E-state index is 13.9. The third-order valence-electron chi connectivity index (χ3n) is 8.59. The normalized spacial score (nSPS) is 22.0. The number of carbonyl (C=O) groups is 3. The predicted molar refractivity (Wildman–Crippen MR) is 152 cm³/mol. The number of hydrogen-bond donors (Lipinski definition) is 1. The Morgan fingerprint density at radius 2 is 1.80 bits per heavy atom. The summed E-state index contributed by atoms with van der Waals surface area (Å²) in [4.78, 5) is 41.4. The average Bonchev–Trinajstić information content (AvgIpc) is 3.11. The van der Waals surface area contributed by atoms with Crippen molar-refractivity contribution in [1.29, 1.82) is 0 Å². The number of carboxylic acid groups (broad SMARTS) is 1. The van der Waals surface area contributed by atoms with Gasteiger partial charge in [-0.1, -0.05) is 45.9 Å². The topological polar surface area (TPSA) is 93.1 Å². The Morgan fingerprint density at radius 1 is 1.10 bits per heavy atom. The first-order valence-corrected chi connectivity index (χ1v) is 13.7. The third-order valence-corrected chi connectivity index (χ3v) is 8.59. The maximum atomic E-state index is 13.9. The van der Waals surface area contributed by atoms with E-state index in [1.165, 1.54) is 0 Å². The van der Waals surface area contributed by atoms with E-state index >= 15 is 0 Å². The number of aromatic carboxylic acids is 1. The number of amides is 1. The summed E-state index contributed by atoms with van der Waals surface area (Å²) in [5.74, 6) is 0.0993. The quantitative estimate of drug-likeness (QED) is 0.484. The molecule has 2 aromatic carbocycles. The Bertz CT molecular complexity index is 1530. The van der Waals surface area contributed by atoms with Crippen LogP contribution >= 0.6 is 0 Å². The van der Waals surface area contributed by atoms with Gasteiger partial charge in [0.05, 0.1) is 30.2 Å². The van der Waals surface area contributed by atoms with E-state index in [-0.39, 0.29) is 34.6 Å². The largest absolute Gasteiger partial charge is 0.496 e. The molecular weight excluding hydrogens is 506 g/mol. The Labute approximate surface area is 235 Å². The van der Waals surface area contributed by atoms with Crippen molar-refractivity contribution in [3.05, 3.63) is 75.3 Å². The number of likely N-dealkylation sites (N-methyl/N-ethyl adjacent to an activating group) is 1. The number of aryl methyl sites for hydroxylation is 1. The van der Waals surface area contributed by atoms with Gasteiger partial charge < -0.3 is 19.5 Å². The van der Waals surface area contributed by atoms with E-state index in [2.05, 4.69) is 27.7 Å². The second-order valence-corrected chi connectivity index (χ2v) is 12.4. The van der Waals surface area contributed by atoms with Gasteiger partial charge in [0.15, 0.2) is 5.78 Å². The van der Waals surface area contributed by atoms with Gasteiger partial charge in [-0.05, 0) is 59.6 Å². The van der Waals surface area contributed by atoms with Crippen LogP contribution in [0.4, 0.5) is 0 Å². The second kappa shape index (κ2) is 9.65. The number of methoxy groups -OCH3 is 1. The van der Waals surface area contributed by atoms with Crippen molar-refractivity contribution in [2.75, 3.05) is 14.2 Å². The molecule has 0 unspecified atom stereocenters. The van der Waals surface area contributed by atoms with E-state index in [1.807, 2.05) is 25.1 Å². The van der Waals surface area contributed by atoms with Crippen LogP contribution in [0, 0.1) is 25.2 Å². The van der Waals surface area contributed by atoms with Crippen molar-refractivity contribution in [3.63, 3.8) is 0 Å². The molecule has 7 heteroatoms. The number of rotatable bonds is 5. The molecule has 7 nitrogen and oxygen atoms in total. The molecule has 210 valence electrons. The Hall–Kier alpha value is -3.87. The predicted octanol–water partition coefficient (Wildman–Crippen LogP) is 6.18. The first kappa shape index (κ1) is 27.7. The molecule has 0 radical (unpaired) electrons. The van der Waals surface area contributed by atoms with Crippen LogP contribution < -0.4 is 4.74 Å². The van der Waals surface area contributed by atoms with Crippen LogP contribution in [0.1, 0.15) is 73.5 Å². The molecule has 0 fully saturated rings. The summed E-state index contributed by atoms with van der Waals surface area (Å²) >= 11 is 0. The lowest BCUT2D eigenvalue weighted by molar-refractivity contribution is -0.126. The van der Waals surface area contributed by atoms with Crippen LogP contribution in [-0.2, 0) is 14.3 Å². The molecule has 0 saturated carbocycles. The third kappa shape index (κ3) is 4.23. The molecule has 1 amide bonds. The number of benzene rings is 2. The minimum Gasteiger partial charge on any atom is -0.496 e. The van der Waals surface area contributed by atoms with Crippen LogP contribution in [-0.4, -0.2) is 47.9 Å². The van der Waals surface area contributed by atoms with Gasteiger partial charge in [0.25, 0.3) is 5.91 Å². The maximum Gasteiger partial charge on any atom is 0.335 e. The van der Waals surface area contributed by atoms with E-state index < -0.39 is 11.9 Å². The summed E-state index contributed by atoms with van der Waals surface area (Å²) in [6, 6.07) is 8.87. The van der Waals surface area contributed by atoms with Crippen LogP contribution in [0.25, 0.3) is 11.1 Å². The van der Waals surface area contributed by atoms with Gasteiger partial charge in [-0.15, -0.1) is 0 Å². The highest BCUT2D eigenvalue weighted by atomic mass is 16.5. The number of allylic oxidation sites excluding steroid dienone is 2. The Morgan fingerprint density at radius 3 is 2.42 bits per heavy atom. The van der Waals surface area contributed by atoms with Crippen LogP contribution in [0.2, 0.25) is 0 Å². The fourth-order valence-electron chi connectivity index (χ4n) is 6.72. The average molecular weight is 544 g/mol. The lowest BCUT2D eigenvalue weighted by Gasteiger charge is -2.39. The van der Waals surface area contributed by atoms with Gasteiger partial charge in [0, 0.05) is 31.0 Å². The smallest absolute Gasteiger partial charge is 0.335 e. The number of Topliss-reactive ketones (excluding diaryl/α,β-unsaturated/α-hetero) is 1. The number of hydrogen-bond acceptors (Lipinski definition) is 5. The van der Waals surface area contributed by atoms with Crippen LogP contribution in [0.15, 0.2) is 53.0 Å². The molecule has 5 rings (SSSR count). The molecule has 40 heavy (non-hydrogen) atoms. The van der Waals surface area contributed by atoms with E-state index in [4.69, 9.17) is 9.47 Å². The number of nitrogens with zero attached hydrogens (tertiary/aromatic N) is 1. The molecule has 2 aliphatic heterocycles. The highest BCUT2D eigenvalue weighted by Crippen LogP contribution is 2.55. The summed E-state index contributed by atoms with van der Waals surface area (Å²) in [5.41, 5.74) is 4.77. The Balaban J connectivity index is 1.81. The zero-order valence-electron chi connectivity index (χ0n) is 24.5. The number of carbonyl (C=O) groups excluding carboxylic acids is 2. The summed E-state index contributed by atoms with van der Waals surface area (Å²) in [7, 11) is 3.37. The number of carboxylic acids is 1. The van der Waals surface area contributed by atoms with Crippen LogP contribution in [0.3, 0.4) is 0 Å². The molecule has 1 N–H and O–H groups in total. The molecule has 2 aromatic rings. The van der Waals surface area contributed by atoms with Gasteiger partial charge in [-0.25, -0.2) is 4.79 Å². The minimum atomic E-state index is -0.991. The first-order valence-electron chi connectivity index (χ1n) is 13.7. The van der Waals surface area contributed by atoms with Gasteiger partial charge in [-0.2, -0.15) is 0 Å². The molecule has 1 aliphatic carbocycles. The van der Waals surface area contributed by atoms with Gasteiger partial charge >= 0.3 is 5.97 Å². The van der Waals surface area contributed by atoms with Gasteiger partial charge in [0.1, 0.15) is 17.3 Å². The number of ketones is 1. The lowest BCUT2D eigenvalue weighted by atomic mass is 9.68. The van der Waals surface area contributed by atoms with Crippen LogP contribution in [0.5, 0.6) is 5.75 Å². The molecule has 2 heterocycles. The molecule has 0 spiro atoms. The minimum absolute atomic E-state index is 0.0263. The molecule has 3 aliphatic rings. The van der Waals surface area contributed by atoms with Gasteiger partial charge in [-0.3, -0.25) is 9.59 Å². The van der Waals surface area contributed by atoms with E-state index in [9.17, 15) is 19.5 Å². The van der Waals surface area contributed by atoms with Crippen molar-refractivity contribution in [1.82, 2.24) is 4.90 Å². The fourth-order valence-corrected chi connectivity index (χ4v) is 6.72. The molecule has 0 aromatic heterocycles. The zero-order valence-corrected chi connectivity index (χ0v) is 24.5. The summed E-state index contributed by atoms with van der Waals surface area (Å²) in [6.45, 7) is 12.0. The second-order valence-electron chi connectivity index (χ2n) is 12.4. The van der Waals surface area contributed by atoms with Crippen molar-refractivity contribution in [2.24, 2.45) is 11.3 Å². The highest BCUT2D eigenvalue weighted by Gasteiger charge is 2.52. The number of ether oxygens (including phenoxy) is 2. The van der Waals surface area contributed by atoms with Crippen molar-refractivity contribution < 1.29 is 29.0 Å².